The van der Waals surface area contributed by atoms with Crippen LogP contribution >= 0.6 is 0 Å². The number of carboxylic acid groups (broad SMARTS) is 1. The first-order valence-corrected chi connectivity index (χ1v) is 4.90. The number of carboxylic acids is 1. The average Bonchev–Trinajstić information content (AvgIpc) is 2.28. The van der Waals surface area contributed by atoms with Crippen molar-refractivity contribution in [3.8, 4) is 11.4 Å². The van der Waals surface area contributed by atoms with E-state index in [0.717, 1.165) is 5.56 Å². The lowest BCUT2D eigenvalue weighted by molar-refractivity contribution is 0.0690. The largest absolute Gasteiger partial charge is 0.477 e. The highest BCUT2D eigenvalue weighted by Gasteiger charge is 2.09. The van der Waals surface area contributed by atoms with Crippen LogP contribution in [0, 0.1) is 12.7 Å². The molecule has 5 heteroatoms. The summed E-state index contributed by atoms with van der Waals surface area (Å²) in [6.45, 7) is 1.74. The molecule has 0 fully saturated rings. The molecular formula is C12H9FN2O2. The molecule has 1 aromatic carbocycles. The summed E-state index contributed by atoms with van der Waals surface area (Å²) in [7, 11) is 0. The highest BCUT2D eigenvalue weighted by molar-refractivity contribution is 5.85. The number of aryl methyl sites for hydroxylation is 1. The topological polar surface area (TPSA) is 63.1 Å². The Bertz CT molecular complexity index is 564. The molecule has 17 heavy (non-hydrogen) atoms. The van der Waals surface area contributed by atoms with E-state index in [1.807, 2.05) is 0 Å². The smallest absolute Gasteiger partial charge is 0.354 e. The Balaban J connectivity index is 2.52. The Morgan fingerprint density at radius 3 is 2.76 bits per heavy atom. The van der Waals surface area contributed by atoms with Crippen molar-refractivity contribution in [1.29, 1.82) is 0 Å². The van der Waals surface area contributed by atoms with Crippen molar-refractivity contribution in [3.05, 3.63) is 47.5 Å². The Morgan fingerprint density at radius 2 is 2.12 bits per heavy atom. The van der Waals surface area contributed by atoms with E-state index < -0.39 is 11.8 Å². The zero-order valence-electron chi connectivity index (χ0n) is 9.01. The van der Waals surface area contributed by atoms with E-state index in [2.05, 4.69) is 9.97 Å². The molecule has 1 heterocycles. The minimum Gasteiger partial charge on any atom is -0.477 e. The molecule has 0 amide bonds. The molecule has 86 valence electrons. The van der Waals surface area contributed by atoms with Gasteiger partial charge in [-0.05, 0) is 36.8 Å². The Kier molecular flexibility index (Phi) is 2.82. The summed E-state index contributed by atoms with van der Waals surface area (Å²) in [5.74, 6) is -1.33. The molecular weight excluding hydrogens is 223 g/mol. The normalized spacial score (nSPS) is 10.2. The highest BCUT2D eigenvalue weighted by atomic mass is 19.1. The summed E-state index contributed by atoms with van der Waals surface area (Å²) in [6.07, 6.45) is 1.34. The third-order valence-electron chi connectivity index (χ3n) is 2.18. The van der Waals surface area contributed by atoms with E-state index >= 15 is 0 Å². The monoisotopic (exact) mass is 232 g/mol. The number of benzene rings is 1. The predicted molar refractivity (Wildman–Crippen MR) is 59.1 cm³/mol. The second-order valence-electron chi connectivity index (χ2n) is 3.59. The van der Waals surface area contributed by atoms with E-state index in [1.54, 1.807) is 13.0 Å². The van der Waals surface area contributed by atoms with Gasteiger partial charge in [-0.3, -0.25) is 0 Å². The fourth-order valence-corrected chi connectivity index (χ4v) is 1.48. The standard InChI is InChI=1S/C12H9FN2O2/c1-7-4-8(6-9(13)5-7)11-14-3-2-10(15-11)12(16)17/h2-6H,1H3,(H,16,17). The molecule has 2 aromatic rings. The SMILES string of the molecule is Cc1cc(F)cc(-c2nccc(C(=O)O)n2)c1. The van der Waals surface area contributed by atoms with E-state index in [4.69, 9.17) is 5.11 Å². The van der Waals surface area contributed by atoms with Crippen molar-refractivity contribution in [2.75, 3.05) is 0 Å². The first-order chi connectivity index (χ1) is 8.06. The summed E-state index contributed by atoms with van der Waals surface area (Å²) in [5, 5.41) is 8.80. The number of nitrogens with zero attached hydrogens (tertiary/aromatic N) is 2. The zero-order valence-corrected chi connectivity index (χ0v) is 9.01. The molecule has 1 aromatic heterocycles. The molecule has 0 bridgehead atoms. The quantitative estimate of drug-likeness (QED) is 0.862. The highest BCUT2D eigenvalue weighted by Crippen LogP contribution is 2.18. The van der Waals surface area contributed by atoms with Gasteiger partial charge in [0.25, 0.3) is 0 Å². The van der Waals surface area contributed by atoms with Crippen molar-refractivity contribution in [2.45, 2.75) is 6.92 Å². The van der Waals surface area contributed by atoms with Crippen LogP contribution in [-0.2, 0) is 0 Å². The molecule has 0 atom stereocenters. The Labute approximate surface area is 96.8 Å². The van der Waals surface area contributed by atoms with Crippen LogP contribution in [0.2, 0.25) is 0 Å². The van der Waals surface area contributed by atoms with Gasteiger partial charge >= 0.3 is 5.97 Å². The van der Waals surface area contributed by atoms with Crippen LogP contribution in [0.4, 0.5) is 4.39 Å². The van der Waals surface area contributed by atoms with Gasteiger partial charge in [-0.25, -0.2) is 19.2 Å². The molecule has 0 radical (unpaired) electrons. The summed E-state index contributed by atoms with van der Waals surface area (Å²) in [6, 6.07) is 5.64. The lowest BCUT2D eigenvalue weighted by Gasteiger charge is -2.02. The van der Waals surface area contributed by atoms with Crippen molar-refractivity contribution in [2.24, 2.45) is 0 Å². The molecule has 4 nitrogen and oxygen atoms in total. The van der Waals surface area contributed by atoms with Crippen molar-refractivity contribution < 1.29 is 14.3 Å². The first-order valence-electron chi connectivity index (χ1n) is 4.90. The number of halogens is 1. The minimum absolute atomic E-state index is 0.114. The Hall–Kier alpha value is -2.30. The van der Waals surface area contributed by atoms with Crippen molar-refractivity contribution in [1.82, 2.24) is 9.97 Å². The molecule has 1 N–H and O–H groups in total. The lowest BCUT2D eigenvalue weighted by Crippen LogP contribution is -2.02. The molecule has 0 unspecified atom stereocenters. The third-order valence-corrected chi connectivity index (χ3v) is 2.18. The van der Waals surface area contributed by atoms with Gasteiger partial charge in [-0.2, -0.15) is 0 Å². The van der Waals surface area contributed by atoms with Gasteiger partial charge in [0.1, 0.15) is 5.82 Å². The van der Waals surface area contributed by atoms with Gasteiger partial charge in [-0.1, -0.05) is 0 Å². The van der Waals surface area contributed by atoms with Gasteiger partial charge in [0.2, 0.25) is 0 Å². The number of carbonyl (C=O) groups is 1. The van der Waals surface area contributed by atoms with Gasteiger partial charge < -0.3 is 5.11 Å². The third kappa shape index (κ3) is 2.44. The molecule has 0 spiro atoms. The van der Waals surface area contributed by atoms with E-state index in [0.29, 0.717) is 5.56 Å². The maximum Gasteiger partial charge on any atom is 0.354 e. The lowest BCUT2D eigenvalue weighted by atomic mass is 10.1. The van der Waals surface area contributed by atoms with Gasteiger partial charge in [0.15, 0.2) is 11.5 Å². The number of aromatic carboxylic acids is 1. The summed E-state index contributed by atoms with van der Waals surface area (Å²) in [4.78, 5) is 18.5. The van der Waals surface area contributed by atoms with Crippen LogP contribution < -0.4 is 0 Å². The van der Waals surface area contributed by atoms with Gasteiger partial charge in [-0.15, -0.1) is 0 Å². The minimum atomic E-state index is -1.14. The van der Waals surface area contributed by atoms with Crippen molar-refractivity contribution in [3.63, 3.8) is 0 Å². The van der Waals surface area contributed by atoms with Crippen molar-refractivity contribution >= 4 is 5.97 Å². The summed E-state index contributed by atoms with van der Waals surface area (Å²) >= 11 is 0. The van der Waals surface area contributed by atoms with Crippen LogP contribution in [0.3, 0.4) is 0 Å². The number of hydrogen-bond acceptors (Lipinski definition) is 3. The maximum atomic E-state index is 13.2. The Morgan fingerprint density at radius 1 is 1.35 bits per heavy atom. The summed E-state index contributed by atoms with van der Waals surface area (Å²) in [5.41, 5.74) is 1.08. The average molecular weight is 232 g/mol. The maximum absolute atomic E-state index is 13.2. The fourth-order valence-electron chi connectivity index (χ4n) is 1.48. The van der Waals surface area contributed by atoms with Crippen LogP contribution in [0.5, 0.6) is 0 Å². The van der Waals surface area contributed by atoms with E-state index in [9.17, 15) is 9.18 Å². The predicted octanol–water partition coefficient (Wildman–Crippen LogP) is 2.29. The second-order valence-corrected chi connectivity index (χ2v) is 3.59. The zero-order chi connectivity index (χ0) is 12.4. The molecule has 0 saturated heterocycles. The fraction of sp³-hybridized carbons (Fsp3) is 0.0833. The van der Waals surface area contributed by atoms with Crippen LogP contribution in [0.25, 0.3) is 11.4 Å². The molecule has 2 rings (SSSR count). The van der Waals surface area contributed by atoms with Crippen LogP contribution in [0.1, 0.15) is 16.1 Å². The molecule has 0 aliphatic heterocycles. The molecule has 0 aliphatic rings. The number of rotatable bonds is 2. The second kappa shape index (κ2) is 4.29. The van der Waals surface area contributed by atoms with Gasteiger partial charge in [0, 0.05) is 11.8 Å². The van der Waals surface area contributed by atoms with Crippen LogP contribution in [0.15, 0.2) is 30.5 Å². The molecule has 0 saturated carbocycles. The van der Waals surface area contributed by atoms with Gasteiger partial charge in [0.05, 0.1) is 0 Å². The van der Waals surface area contributed by atoms with E-state index in [-0.39, 0.29) is 11.5 Å². The number of hydrogen-bond donors (Lipinski definition) is 1. The first kappa shape index (κ1) is 11.2. The van der Waals surface area contributed by atoms with E-state index in [1.165, 1.54) is 24.4 Å². The molecule has 0 aliphatic carbocycles. The number of aromatic nitrogens is 2. The van der Waals surface area contributed by atoms with Crippen LogP contribution in [-0.4, -0.2) is 21.0 Å². The summed E-state index contributed by atoms with van der Waals surface area (Å²) < 4.78 is 13.2.